The van der Waals surface area contributed by atoms with Crippen LogP contribution in [0.3, 0.4) is 0 Å². The number of halogens is 2. The van der Waals surface area contributed by atoms with Crippen LogP contribution in [-0.4, -0.2) is 35.9 Å². The molecule has 0 saturated heterocycles. The fraction of sp³-hybridized carbons (Fsp3) is 0.0789. The summed E-state index contributed by atoms with van der Waals surface area (Å²) in [5.41, 5.74) is 5.29. The van der Waals surface area contributed by atoms with E-state index in [1.807, 2.05) is 121 Å². The summed E-state index contributed by atoms with van der Waals surface area (Å²) >= 11 is 12.4. The number of hydrogen-bond acceptors (Lipinski definition) is 5. The Kier molecular flexibility index (Phi) is 8.02. The Morgan fingerprint density at radius 3 is 1.57 bits per heavy atom. The van der Waals surface area contributed by atoms with E-state index < -0.39 is 5.54 Å². The molecule has 7 nitrogen and oxygen atoms in total. The zero-order valence-electron chi connectivity index (χ0n) is 25.4. The number of methoxy groups -OCH3 is 2. The van der Waals surface area contributed by atoms with E-state index in [1.165, 1.54) is 0 Å². The van der Waals surface area contributed by atoms with E-state index in [-0.39, 0.29) is 5.91 Å². The first-order chi connectivity index (χ1) is 22.9. The van der Waals surface area contributed by atoms with Crippen LogP contribution in [0.4, 0.5) is 0 Å². The number of nitrogens with one attached hydrogen (secondary N) is 2. The standard InChI is InChI=1S/C38H28Cl2N4O3/c1-46-31-19-11-27(12-20-31)38(28-13-21-32(47-2)22-14-28)37(45)43-36(44-38)26-5-3-25(4-6-26)35-41-33(23-7-15-29(39)16-8-23)34(42-35)24-9-17-30(40)18-10-24/h3-22H,1-2H3,(H,41,42)(H,43,44,45). The number of nitrogens with zero attached hydrogens (tertiary/aromatic N) is 2. The van der Waals surface area contributed by atoms with Crippen LogP contribution in [0.1, 0.15) is 16.7 Å². The van der Waals surface area contributed by atoms with Crippen molar-refractivity contribution in [2.75, 3.05) is 14.2 Å². The molecular weight excluding hydrogens is 631 g/mol. The minimum absolute atomic E-state index is 0.252. The van der Waals surface area contributed by atoms with E-state index in [9.17, 15) is 4.79 Å². The molecule has 0 unspecified atom stereocenters. The highest BCUT2D eigenvalue weighted by Gasteiger charge is 2.47. The van der Waals surface area contributed by atoms with Crippen LogP contribution in [0.5, 0.6) is 11.5 Å². The van der Waals surface area contributed by atoms with Crippen LogP contribution in [0, 0.1) is 0 Å². The van der Waals surface area contributed by atoms with Gasteiger partial charge in [0, 0.05) is 32.3 Å². The predicted molar refractivity (Wildman–Crippen MR) is 186 cm³/mol. The minimum Gasteiger partial charge on any atom is -0.497 e. The highest BCUT2D eigenvalue weighted by Crippen LogP contribution is 2.40. The fourth-order valence-corrected chi connectivity index (χ4v) is 5.99. The average molecular weight is 660 g/mol. The molecule has 0 radical (unpaired) electrons. The Morgan fingerprint density at radius 2 is 1.06 bits per heavy atom. The highest BCUT2D eigenvalue weighted by atomic mass is 35.5. The predicted octanol–water partition coefficient (Wildman–Crippen LogP) is 8.55. The average Bonchev–Trinajstić information content (AvgIpc) is 3.72. The smallest absolute Gasteiger partial charge is 0.262 e. The van der Waals surface area contributed by atoms with Crippen molar-refractivity contribution >= 4 is 34.9 Å². The number of aromatic amines is 1. The second-order valence-electron chi connectivity index (χ2n) is 11.0. The first-order valence-corrected chi connectivity index (χ1v) is 15.6. The first kappa shape index (κ1) is 30.3. The molecule has 0 bridgehead atoms. The normalized spacial score (nSPS) is 13.6. The van der Waals surface area contributed by atoms with E-state index in [0.29, 0.717) is 44.3 Å². The number of aliphatic imine (C=N–C) groups is 1. The Hall–Kier alpha value is -5.37. The van der Waals surface area contributed by atoms with E-state index >= 15 is 0 Å². The van der Waals surface area contributed by atoms with Crippen LogP contribution in [0.25, 0.3) is 33.9 Å². The maximum Gasteiger partial charge on any atom is 0.262 e. The first-order valence-electron chi connectivity index (χ1n) is 14.8. The summed E-state index contributed by atoms with van der Waals surface area (Å²) in [4.78, 5) is 27.5. The van der Waals surface area contributed by atoms with Crippen molar-refractivity contribution in [3.63, 3.8) is 0 Å². The van der Waals surface area contributed by atoms with Gasteiger partial charge in [-0.2, -0.15) is 0 Å². The highest BCUT2D eigenvalue weighted by molar-refractivity contribution is 6.31. The molecule has 9 heteroatoms. The Bertz CT molecular complexity index is 1980. The molecular formula is C38H28Cl2N4O3. The molecule has 1 aliphatic rings. The third kappa shape index (κ3) is 5.65. The molecule has 47 heavy (non-hydrogen) atoms. The minimum atomic E-state index is -1.30. The topological polar surface area (TPSA) is 88.6 Å². The third-order valence-electron chi connectivity index (χ3n) is 8.24. The van der Waals surface area contributed by atoms with Crippen molar-refractivity contribution in [3.05, 3.63) is 148 Å². The molecule has 1 aliphatic heterocycles. The number of aromatic nitrogens is 2. The molecule has 0 aliphatic carbocycles. The van der Waals surface area contributed by atoms with Crippen LogP contribution in [0.15, 0.2) is 126 Å². The summed E-state index contributed by atoms with van der Waals surface area (Å²) in [6.07, 6.45) is 0. The lowest BCUT2D eigenvalue weighted by atomic mass is 9.83. The maximum absolute atomic E-state index is 13.9. The summed E-state index contributed by atoms with van der Waals surface area (Å²) in [5.74, 6) is 2.28. The van der Waals surface area contributed by atoms with Gasteiger partial charge in [0.15, 0.2) is 5.54 Å². The number of carbonyl (C=O) groups is 1. The molecule has 6 aromatic rings. The van der Waals surface area contributed by atoms with E-state index in [4.69, 9.17) is 42.7 Å². The second kappa shape index (κ2) is 12.4. The maximum atomic E-state index is 13.9. The van der Waals surface area contributed by atoms with Crippen molar-refractivity contribution in [3.8, 4) is 45.4 Å². The number of amides is 1. The quantitative estimate of drug-likeness (QED) is 0.171. The lowest BCUT2D eigenvalue weighted by Crippen LogP contribution is -2.38. The zero-order valence-corrected chi connectivity index (χ0v) is 26.9. The molecule has 1 aromatic heterocycles. The van der Waals surface area contributed by atoms with Crippen molar-refractivity contribution in [1.29, 1.82) is 0 Å². The summed E-state index contributed by atoms with van der Waals surface area (Å²) in [6, 6.07) is 37.8. The van der Waals surface area contributed by atoms with Gasteiger partial charge in [-0.05, 0) is 59.7 Å². The molecule has 0 spiro atoms. The van der Waals surface area contributed by atoms with Gasteiger partial charge in [-0.25, -0.2) is 9.98 Å². The molecule has 2 N–H and O–H groups in total. The van der Waals surface area contributed by atoms with Gasteiger partial charge in [0.2, 0.25) is 0 Å². The Balaban J connectivity index is 1.27. The largest absolute Gasteiger partial charge is 0.497 e. The number of amidine groups is 1. The van der Waals surface area contributed by atoms with E-state index in [0.717, 1.165) is 33.6 Å². The van der Waals surface area contributed by atoms with Crippen LogP contribution < -0.4 is 14.8 Å². The fourth-order valence-electron chi connectivity index (χ4n) is 5.74. The van der Waals surface area contributed by atoms with E-state index in [2.05, 4.69) is 10.3 Å². The summed E-state index contributed by atoms with van der Waals surface area (Å²) in [6.45, 7) is 0. The summed E-state index contributed by atoms with van der Waals surface area (Å²) in [7, 11) is 3.21. The van der Waals surface area contributed by atoms with Gasteiger partial charge < -0.3 is 19.8 Å². The molecule has 0 fully saturated rings. The third-order valence-corrected chi connectivity index (χ3v) is 8.75. The second-order valence-corrected chi connectivity index (χ2v) is 11.9. The summed E-state index contributed by atoms with van der Waals surface area (Å²) in [5, 5.41) is 4.35. The monoisotopic (exact) mass is 658 g/mol. The Morgan fingerprint density at radius 1 is 0.596 bits per heavy atom. The van der Waals surface area contributed by atoms with Gasteiger partial charge in [0.05, 0.1) is 25.6 Å². The molecule has 5 aromatic carbocycles. The number of benzene rings is 5. The van der Waals surface area contributed by atoms with Crippen molar-refractivity contribution in [2.24, 2.45) is 4.99 Å². The molecule has 2 heterocycles. The van der Waals surface area contributed by atoms with Crippen molar-refractivity contribution in [2.45, 2.75) is 5.54 Å². The van der Waals surface area contributed by atoms with Crippen molar-refractivity contribution < 1.29 is 14.3 Å². The molecule has 0 atom stereocenters. The number of ether oxygens (including phenoxy) is 2. The zero-order chi connectivity index (χ0) is 32.5. The van der Waals surface area contributed by atoms with Gasteiger partial charge in [0.1, 0.15) is 23.2 Å². The number of carbonyl (C=O) groups excluding carboxylic acids is 1. The summed E-state index contributed by atoms with van der Waals surface area (Å²) < 4.78 is 10.7. The van der Waals surface area contributed by atoms with Gasteiger partial charge in [-0.3, -0.25) is 4.79 Å². The number of imidazole rings is 1. The van der Waals surface area contributed by atoms with Crippen LogP contribution in [0.2, 0.25) is 10.0 Å². The van der Waals surface area contributed by atoms with E-state index in [1.54, 1.807) is 14.2 Å². The molecule has 0 saturated carbocycles. The lowest BCUT2D eigenvalue weighted by molar-refractivity contribution is -0.122. The molecule has 7 rings (SSSR count). The van der Waals surface area contributed by atoms with Crippen molar-refractivity contribution in [1.82, 2.24) is 15.3 Å². The van der Waals surface area contributed by atoms with Crippen LogP contribution >= 0.6 is 23.2 Å². The van der Waals surface area contributed by atoms with Gasteiger partial charge >= 0.3 is 0 Å². The SMILES string of the molecule is COc1ccc(C2(c3ccc(OC)cc3)N=C(c3ccc(-c4nc(-c5ccc(Cl)cc5)c(-c5ccc(Cl)cc5)[nH]4)cc3)NC2=O)cc1. The lowest BCUT2D eigenvalue weighted by Gasteiger charge is -2.25. The molecule has 1 amide bonds. The van der Waals surface area contributed by atoms with Gasteiger partial charge in [-0.15, -0.1) is 0 Å². The molecule has 232 valence electrons. The number of H-pyrrole nitrogens is 1. The number of rotatable bonds is 8. The van der Waals surface area contributed by atoms with Gasteiger partial charge in [0.25, 0.3) is 5.91 Å². The Labute approximate surface area is 281 Å². The number of hydrogen-bond donors (Lipinski definition) is 2. The van der Waals surface area contributed by atoms with Crippen LogP contribution in [-0.2, 0) is 10.3 Å². The van der Waals surface area contributed by atoms with Gasteiger partial charge in [-0.1, -0.05) is 96.0 Å².